The van der Waals surface area contributed by atoms with E-state index in [1.165, 1.54) is 5.56 Å². The molecule has 1 aromatic rings. The Morgan fingerprint density at radius 3 is 2.56 bits per heavy atom. The molecule has 0 aliphatic carbocycles. The first kappa shape index (κ1) is 15.1. The van der Waals surface area contributed by atoms with Crippen LogP contribution in [0.15, 0.2) is 12.4 Å². The van der Waals surface area contributed by atoms with Crippen molar-refractivity contribution in [3.8, 4) is 0 Å². The largest absolute Gasteiger partial charge is 0.329 e. The highest BCUT2D eigenvalue weighted by atomic mass is 15.3. The molecule has 18 heavy (non-hydrogen) atoms. The van der Waals surface area contributed by atoms with Gasteiger partial charge >= 0.3 is 0 Å². The second kappa shape index (κ2) is 7.51. The summed E-state index contributed by atoms with van der Waals surface area (Å²) in [6.07, 6.45) is 5.19. The molecular formula is C13H27N5. The third-order valence-electron chi connectivity index (χ3n) is 3.23. The van der Waals surface area contributed by atoms with E-state index >= 15 is 0 Å². The van der Waals surface area contributed by atoms with E-state index in [1.54, 1.807) is 0 Å². The fourth-order valence-electron chi connectivity index (χ4n) is 2.09. The Kier molecular flexibility index (Phi) is 6.32. The van der Waals surface area contributed by atoms with Gasteiger partial charge in [0.2, 0.25) is 0 Å². The van der Waals surface area contributed by atoms with E-state index in [2.05, 4.69) is 49.2 Å². The quantitative estimate of drug-likeness (QED) is 0.744. The summed E-state index contributed by atoms with van der Waals surface area (Å²) in [4.78, 5) is 4.53. The van der Waals surface area contributed by atoms with Crippen LogP contribution in [-0.2, 0) is 6.54 Å². The topological polar surface area (TPSA) is 50.3 Å². The van der Waals surface area contributed by atoms with Crippen LogP contribution in [0.3, 0.4) is 0 Å². The smallest absolute Gasteiger partial charge is 0.0538 e. The molecule has 1 unspecified atom stereocenters. The highest BCUT2D eigenvalue weighted by Gasteiger charge is 2.16. The van der Waals surface area contributed by atoms with Gasteiger partial charge in [-0.2, -0.15) is 5.10 Å². The molecule has 5 nitrogen and oxygen atoms in total. The van der Waals surface area contributed by atoms with Crippen LogP contribution in [0.1, 0.15) is 24.9 Å². The standard InChI is InChI=1S/C13H27N5/c1-5-18-11-12(10-15-18)13(9-14)17(4)8-6-7-16(2)3/h10-11,13H,5-9,14H2,1-4H3. The Bertz CT molecular complexity index is 334. The van der Waals surface area contributed by atoms with Gasteiger partial charge in [-0.25, -0.2) is 0 Å². The molecule has 0 saturated heterocycles. The fraction of sp³-hybridized carbons (Fsp3) is 0.769. The maximum atomic E-state index is 5.90. The Morgan fingerprint density at radius 1 is 1.33 bits per heavy atom. The lowest BCUT2D eigenvalue weighted by molar-refractivity contribution is 0.235. The first-order valence-corrected chi connectivity index (χ1v) is 6.65. The molecule has 0 bridgehead atoms. The molecule has 0 aliphatic heterocycles. The maximum Gasteiger partial charge on any atom is 0.0538 e. The van der Waals surface area contributed by atoms with Crippen LogP contribution >= 0.6 is 0 Å². The highest BCUT2D eigenvalue weighted by Crippen LogP contribution is 2.17. The summed E-state index contributed by atoms with van der Waals surface area (Å²) >= 11 is 0. The van der Waals surface area contributed by atoms with Gasteiger partial charge in [0.15, 0.2) is 0 Å². The zero-order chi connectivity index (χ0) is 13.5. The van der Waals surface area contributed by atoms with E-state index in [-0.39, 0.29) is 6.04 Å². The molecule has 0 aromatic carbocycles. The molecule has 1 rings (SSSR count). The zero-order valence-electron chi connectivity index (χ0n) is 12.1. The van der Waals surface area contributed by atoms with Crippen molar-refractivity contribution in [3.05, 3.63) is 18.0 Å². The molecule has 0 radical (unpaired) electrons. The number of aryl methyl sites for hydroxylation is 1. The first-order chi connectivity index (χ1) is 8.58. The molecule has 2 N–H and O–H groups in total. The highest BCUT2D eigenvalue weighted by molar-refractivity contribution is 5.11. The molecule has 0 fully saturated rings. The van der Waals surface area contributed by atoms with Crippen LogP contribution in [0, 0.1) is 0 Å². The van der Waals surface area contributed by atoms with Crippen molar-refractivity contribution in [2.24, 2.45) is 5.73 Å². The van der Waals surface area contributed by atoms with Crippen molar-refractivity contribution in [2.45, 2.75) is 25.9 Å². The van der Waals surface area contributed by atoms with Crippen LogP contribution in [0.2, 0.25) is 0 Å². The van der Waals surface area contributed by atoms with E-state index in [9.17, 15) is 0 Å². The lowest BCUT2D eigenvalue weighted by atomic mass is 10.1. The average molecular weight is 253 g/mol. The van der Waals surface area contributed by atoms with Crippen LogP contribution in [-0.4, -0.2) is 60.4 Å². The average Bonchev–Trinajstić information content (AvgIpc) is 2.78. The predicted octanol–water partition coefficient (Wildman–Crippen LogP) is 0.786. The summed E-state index contributed by atoms with van der Waals surface area (Å²) in [6.45, 7) is 5.79. The molecule has 0 saturated carbocycles. The van der Waals surface area contributed by atoms with E-state index in [4.69, 9.17) is 5.73 Å². The van der Waals surface area contributed by atoms with Crippen molar-refractivity contribution < 1.29 is 0 Å². The van der Waals surface area contributed by atoms with Gasteiger partial charge in [0.25, 0.3) is 0 Å². The third kappa shape index (κ3) is 4.40. The van der Waals surface area contributed by atoms with Crippen LogP contribution in [0.4, 0.5) is 0 Å². The van der Waals surface area contributed by atoms with Crippen molar-refractivity contribution in [1.29, 1.82) is 0 Å². The summed E-state index contributed by atoms with van der Waals surface area (Å²) in [5, 5.41) is 4.32. The van der Waals surface area contributed by atoms with Gasteiger partial charge in [0.1, 0.15) is 0 Å². The zero-order valence-corrected chi connectivity index (χ0v) is 12.1. The maximum absolute atomic E-state index is 5.90. The van der Waals surface area contributed by atoms with Gasteiger partial charge in [-0.3, -0.25) is 9.58 Å². The van der Waals surface area contributed by atoms with Gasteiger partial charge in [0, 0.05) is 30.9 Å². The fourth-order valence-corrected chi connectivity index (χ4v) is 2.09. The molecule has 1 heterocycles. The molecule has 104 valence electrons. The predicted molar refractivity (Wildman–Crippen MR) is 75.5 cm³/mol. The monoisotopic (exact) mass is 253 g/mol. The van der Waals surface area contributed by atoms with E-state index < -0.39 is 0 Å². The van der Waals surface area contributed by atoms with E-state index in [0.29, 0.717) is 6.54 Å². The summed E-state index contributed by atoms with van der Waals surface area (Å²) in [5.74, 6) is 0. The SMILES string of the molecule is CCn1cc(C(CN)N(C)CCCN(C)C)cn1. The van der Waals surface area contributed by atoms with Crippen LogP contribution in [0.5, 0.6) is 0 Å². The number of aromatic nitrogens is 2. The van der Waals surface area contributed by atoms with Crippen molar-refractivity contribution in [3.63, 3.8) is 0 Å². The molecular weight excluding hydrogens is 226 g/mol. The minimum atomic E-state index is 0.271. The van der Waals surface area contributed by atoms with Crippen LogP contribution < -0.4 is 5.73 Å². The summed E-state index contributed by atoms with van der Waals surface area (Å²) in [7, 11) is 6.34. The molecule has 0 aliphatic rings. The second-order valence-corrected chi connectivity index (χ2v) is 5.02. The Labute approximate surface area is 111 Å². The number of nitrogens with zero attached hydrogens (tertiary/aromatic N) is 4. The third-order valence-corrected chi connectivity index (χ3v) is 3.23. The number of hydrogen-bond acceptors (Lipinski definition) is 4. The van der Waals surface area contributed by atoms with Gasteiger partial charge in [0.05, 0.1) is 6.20 Å². The number of nitrogens with two attached hydrogens (primary N) is 1. The normalized spacial score (nSPS) is 13.5. The summed E-state index contributed by atoms with van der Waals surface area (Å²) < 4.78 is 1.95. The van der Waals surface area contributed by atoms with Crippen molar-refractivity contribution in [1.82, 2.24) is 19.6 Å². The lowest BCUT2D eigenvalue weighted by Crippen LogP contribution is -2.32. The van der Waals surface area contributed by atoms with Gasteiger partial charge in [-0.05, 0) is 47.6 Å². The number of hydrogen-bond donors (Lipinski definition) is 1. The molecule has 1 atom stereocenters. The number of likely N-dealkylation sites (N-methyl/N-ethyl adjacent to an activating group) is 1. The number of rotatable bonds is 8. The van der Waals surface area contributed by atoms with Gasteiger partial charge < -0.3 is 10.6 Å². The minimum absolute atomic E-state index is 0.271. The van der Waals surface area contributed by atoms with E-state index in [1.807, 2.05) is 10.9 Å². The molecule has 5 heteroatoms. The van der Waals surface area contributed by atoms with Gasteiger partial charge in [-0.15, -0.1) is 0 Å². The summed E-state index contributed by atoms with van der Waals surface area (Å²) in [6, 6.07) is 0.271. The molecule has 0 spiro atoms. The second-order valence-electron chi connectivity index (χ2n) is 5.02. The van der Waals surface area contributed by atoms with Crippen LogP contribution in [0.25, 0.3) is 0 Å². The Morgan fingerprint density at radius 2 is 2.06 bits per heavy atom. The minimum Gasteiger partial charge on any atom is -0.329 e. The lowest BCUT2D eigenvalue weighted by Gasteiger charge is -2.26. The van der Waals surface area contributed by atoms with Gasteiger partial charge in [-0.1, -0.05) is 0 Å². The summed E-state index contributed by atoms with van der Waals surface area (Å²) in [5.41, 5.74) is 7.11. The van der Waals surface area contributed by atoms with Crippen molar-refractivity contribution >= 4 is 0 Å². The Hall–Kier alpha value is -0.910. The van der Waals surface area contributed by atoms with E-state index in [0.717, 1.165) is 26.1 Å². The Balaban J connectivity index is 2.53. The molecule has 0 amide bonds. The first-order valence-electron chi connectivity index (χ1n) is 6.65. The van der Waals surface area contributed by atoms with Crippen molar-refractivity contribution in [2.75, 3.05) is 40.8 Å². The molecule has 1 aromatic heterocycles.